The summed E-state index contributed by atoms with van der Waals surface area (Å²) >= 11 is 0. The number of carbonyl (C=O) groups excluding carboxylic acids is 1. The summed E-state index contributed by atoms with van der Waals surface area (Å²) in [6, 6.07) is 7.72. The van der Waals surface area contributed by atoms with Gasteiger partial charge < -0.3 is 15.0 Å². The van der Waals surface area contributed by atoms with Crippen LogP contribution in [0.3, 0.4) is 0 Å². The molecule has 2 aromatic rings. The summed E-state index contributed by atoms with van der Waals surface area (Å²) in [6.07, 6.45) is 3.32. The lowest BCUT2D eigenvalue weighted by Gasteiger charge is -2.38. The zero-order valence-corrected chi connectivity index (χ0v) is 12.0. The smallest absolute Gasteiger partial charge is 0.268 e. The maximum atomic E-state index is 12.3. The lowest BCUT2D eigenvalue weighted by molar-refractivity contribution is 0.0846. The molecule has 3 rings (SSSR count). The molecule has 0 bridgehead atoms. The zero-order chi connectivity index (χ0) is 14.2. The first-order valence-corrected chi connectivity index (χ1v) is 7.18. The Morgan fingerprint density at radius 3 is 2.85 bits per heavy atom. The first-order valence-electron chi connectivity index (χ1n) is 7.18. The van der Waals surface area contributed by atoms with Crippen LogP contribution >= 0.6 is 0 Å². The topological polar surface area (TPSA) is 54.1 Å². The lowest BCUT2D eigenvalue weighted by atomic mass is 9.78. The summed E-state index contributed by atoms with van der Waals surface area (Å²) in [5.41, 5.74) is 1.52. The van der Waals surface area contributed by atoms with Crippen LogP contribution < -0.4 is 10.1 Å². The Morgan fingerprint density at radius 2 is 2.20 bits per heavy atom. The molecule has 0 aliphatic heterocycles. The van der Waals surface area contributed by atoms with Crippen LogP contribution in [0.4, 0.5) is 0 Å². The van der Waals surface area contributed by atoms with Gasteiger partial charge >= 0.3 is 0 Å². The van der Waals surface area contributed by atoms with Crippen molar-refractivity contribution < 1.29 is 9.53 Å². The maximum Gasteiger partial charge on any atom is 0.268 e. The lowest BCUT2D eigenvalue weighted by Crippen LogP contribution is -2.51. The number of hydrogen-bond acceptors (Lipinski definition) is 2. The fourth-order valence-corrected chi connectivity index (χ4v) is 2.66. The van der Waals surface area contributed by atoms with Crippen molar-refractivity contribution in [2.45, 2.75) is 38.6 Å². The molecule has 1 aromatic carbocycles. The molecular formula is C16H20N2O2. The Kier molecular flexibility index (Phi) is 3.16. The van der Waals surface area contributed by atoms with Gasteiger partial charge in [0, 0.05) is 22.5 Å². The number of nitrogens with one attached hydrogen (secondary N) is 2. The van der Waals surface area contributed by atoms with Crippen molar-refractivity contribution in [2.75, 3.05) is 6.61 Å². The Hall–Kier alpha value is -1.97. The van der Waals surface area contributed by atoms with Crippen molar-refractivity contribution in [1.82, 2.24) is 10.3 Å². The summed E-state index contributed by atoms with van der Waals surface area (Å²) < 4.78 is 5.47. The molecule has 0 atom stereocenters. The number of hydrogen-bond donors (Lipinski definition) is 2. The van der Waals surface area contributed by atoms with Crippen molar-refractivity contribution in [2.24, 2.45) is 0 Å². The highest BCUT2D eigenvalue weighted by atomic mass is 16.5. The van der Waals surface area contributed by atoms with Crippen molar-refractivity contribution >= 4 is 16.8 Å². The summed E-state index contributed by atoms with van der Waals surface area (Å²) in [5, 5.41) is 4.13. The van der Waals surface area contributed by atoms with E-state index in [0.29, 0.717) is 12.3 Å². The zero-order valence-electron chi connectivity index (χ0n) is 12.0. The van der Waals surface area contributed by atoms with Crippen LogP contribution in [0.1, 0.15) is 43.6 Å². The van der Waals surface area contributed by atoms with Gasteiger partial charge in [-0.1, -0.05) is 0 Å². The molecule has 1 aliphatic rings. The van der Waals surface area contributed by atoms with Crippen LogP contribution in [0.25, 0.3) is 10.9 Å². The predicted molar refractivity (Wildman–Crippen MR) is 79.2 cm³/mol. The summed E-state index contributed by atoms with van der Waals surface area (Å²) in [4.78, 5) is 15.4. The monoisotopic (exact) mass is 272 g/mol. The third kappa shape index (κ3) is 2.38. The molecule has 0 spiro atoms. The molecule has 20 heavy (non-hydrogen) atoms. The van der Waals surface area contributed by atoms with Gasteiger partial charge in [0.1, 0.15) is 11.4 Å². The molecular weight excluding hydrogens is 252 g/mol. The van der Waals surface area contributed by atoms with Gasteiger partial charge in [-0.05, 0) is 51.3 Å². The SMILES string of the molecule is CCOc1ccc2cc(C(=O)NC3(C)CCC3)[nH]c2c1. The summed E-state index contributed by atoms with van der Waals surface area (Å²) in [5.74, 6) is 0.793. The number of fused-ring (bicyclic) bond motifs is 1. The quantitative estimate of drug-likeness (QED) is 0.897. The molecule has 1 heterocycles. The number of aromatic amines is 1. The van der Waals surface area contributed by atoms with Crippen molar-refractivity contribution in [1.29, 1.82) is 0 Å². The molecule has 1 fully saturated rings. The van der Waals surface area contributed by atoms with Gasteiger partial charge in [0.05, 0.1) is 6.61 Å². The van der Waals surface area contributed by atoms with E-state index in [4.69, 9.17) is 4.74 Å². The number of ether oxygens (including phenoxy) is 1. The second-order valence-corrected chi connectivity index (χ2v) is 5.73. The van der Waals surface area contributed by atoms with E-state index < -0.39 is 0 Å². The van der Waals surface area contributed by atoms with Gasteiger partial charge in [-0.15, -0.1) is 0 Å². The Balaban J connectivity index is 1.82. The fraction of sp³-hybridized carbons (Fsp3) is 0.438. The molecule has 0 unspecified atom stereocenters. The third-order valence-electron chi connectivity index (χ3n) is 4.02. The minimum Gasteiger partial charge on any atom is -0.494 e. The van der Waals surface area contributed by atoms with Crippen LogP contribution in [-0.4, -0.2) is 23.0 Å². The number of benzene rings is 1. The Morgan fingerprint density at radius 1 is 1.40 bits per heavy atom. The van der Waals surface area contributed by atoms with Gasteiger partial charge in [0.15, 0.2) is 0 Å². The standard InChI is InChI=1S/C16H20N2O2/c1-3-20-12-6-5-11-9-14(17-13(11)10-12)15(19)18-16(2)7-4-8-16/h5-6,9-10,17H,3-4,7-8H2,1-2H3,(H,18,19). The highest BCUT2D eigenvalue weighted by Gasteiger charge is 2.33. The first kappa shape index (κ1) is 13.0. The third-order valence-corrected chi connectivity index (χ3v) is 4.02. The maximum absolute atomic E-state index is 12.3. The van der Waals surface area contributed by atoms with Gasteiger partial charge in [0.2, 0.25) is 0 Å². The van der Waals surface area contributed by atoms with Crippen molar-refractivity contribution in [3.63, 3.8) is 0 Å². The molecule has 4 nitrogen and oxygen atoms in total. The molecule has 1 saturated carbocycles. The van der Waals surface area contributed by atoms with Crippen LogP contribution in [0.15, 0.2) is 24.3 Å². The van der Waals surface area contributed by atoms with E-state index in [2.05, 4.69) is 17.2 Å². The molecule has 106 valence electrons. The van der Waals surface area contributed by atoms with Gasteiger partial charge in [-0.2, -0.15) is 0 Å². The Labute approximate surface area is 118 Å². The molecule has 0 saturated heterocycles. The van der Waals surface area contributed by atoms with Crippen LogP contribution in [-0.2, 0) is 0 Å². The van der Waals surface area contributed by atoms with E-state index in [1.807, 2.05) is 31.2 Å². The highest BCUT2D eigenvalue weighted by Crippen LogP contribution is 2.31. The Bertz CT molecular complexity index is 641. The van der Waals surface area contributed by atoms with Gasteiger partial charge in [0.25, 0.3) is 5.91 Å². The van der Waals surface area contributed by atoms with E-state index in [0.717, 1.165) is 29.5 Å². The predicted octanol–water partition coefficient (Wildman–Crippen LogP) is 3.24. The second kappa shape index (κ2) is 4.85. The highest BCUT2D eigenvalue weighted by molar-refractivity contribution is 5.98. The van der Waals surface area contributed by atoms with Crippen LogP contribution in [0, 0.1) is 0 Å². The molecule has 1 aliphatic carbocycles. The summed E-state index contributed by atoms with van der Waals surface area (Å²) in [7, 11) is 0. The minimum atomic E-state index is -0.0265. The average Bonchev–Trinajstić information content (AvgIpc) is 2.80. The van der Waals surface area contributed by atoms with Crippen LogP contribution in [0.2, 0.25) is 0 Å². The van der Waals surface area contributed by atoms with Crippen LogP contribution in [0.5, 0.6) is 5.75 Å². The number of carbonyl (C=O) groups is 1. The van der Waals surface area contributed by atoms with E-state index in [9.17, 15) is 4.79 Å². The normalized spacial score (nSPS) is 16.7. The van der Waals surface area contributed by atoms with Gasteiger partial charge in [-0.3, -0.25) is 4.79 Å². The first-order chi connectivity index (χ1) is 9.59. The minimum absolute atomic E-state index is 0.0230. The van der Waals surface area contributed by atoms with E-state index in [1.54, 1.807) is 0 Å². The largest absolute Gasteiger partial charge is 0.494 e. The molecule has 1 amide bonds. The number of H-pyrrole nitrogens is 1. The number of rotatable bonds is 4. The molecule has 0 radical (unpaired) electrons. The fourth-order valence-electron chi connectivity index (χ4n) is 2.66. The van der Waals surface area contributed by atoms with Gasteiger partial charge in [-0.25, -0.2) is 0 Å². The van der Waals surface area contributed by atoms with Crippen molar-refractivity contribution in [3.05, 3.63) is 30.0 Å². The van der Waals surface area contributed by atoms with E-state index in [-0.39, 0.29) is 11.4 Å². The van der Waals surface area contributed by atoms with E-state index >= 15 is 0 Å². The second-order valence-electron chi connectivity index (χ2n) is 5.73. The van der Waals surface area contributed by atoms with E-state index in [1.165, 1.54) is 6.42 Å². The number of amides is 1. The summed E-state index contributed by atoms with van der Waals surface area (Å²) in [6.45, 7) is 4.69. The molecule has 1 aromatic heterocycles. The average molecular weight is 272 g/mol. The molecule has 4 heteroatoms. The molecule has 2 N–H and O–H groups in total. The van der Waals surface area contributed by atoms with Crippen molar-refractivity contribution in [3.8, 4) is 5.75 Å². The number of aromatic nitrogens is 1.